The van der Waals surface area contributed by atoms with Crippen LogP contribution >= 0.6 is 0 Å². The summed E-state index contributed by atoms with van der Waals surface area (Å²) in [6.45, 7) is 35.0. The molecule has 2 aliphatic rings. The number of hydrogen-bond donors (Lipinski definition) is 0. The Labute approximate surface area is 297 Å². The lowest BCUT2D eigenvalue weighted by Crippen LogP contribution is -2.60. The maximum Gasteiger partial charge on any atom is 0.192 e. The van der Waals surface area contributed by atoms with Gasteiger partial charge in [-0.15, -0.1) is 0 Å². The zero-order valence-corrected chi connectivity index (χ0v) is 35.3. The highest BCUT2D eigenvalue weighted by atomic mass is 28.4. The first-order valence-electron chi connectivity index (χ1n) is 19.0. The van der Waals surface area contributed by atoms with E-state index in [-0.39, 0.29) is 47.0 Å². The van der Waals surface area contributed by atoms with Crippen LogP contribution in [0.1, 0.15) is 115 Å². The summed E-state index contributed by atoms with van der Waals surface area (Å²) in [4.78, 5) is 6.09. The summed E-state index contributed by atoms with van der Waals surface area (Å²) in [5.74, 6) is 0.635. The van der Waals surface area contributed by atoms with E-state index < -0.39 is 28.5 Å². The minimum absolute atomic E-state index is 0.00295. The number of nitrogens with zero attached hydrogens (tertiary/aromatic N) is 1. The van der Waals surface area contributed by atoms with Gasteiger partial charge < -0.3 is 23.2 Å². The van der Waals surface area contributed by atoms with Crippen LogP contribution in [0.4, 0.5) is 0 Å². The van der Waals surface area contributed by atoms with Crippen LogP contribution in [-0.4, -0.2) is 52.9 Å². The molecule has 2 heterocycles. The molecule has 0 aromatic heterocycles. The highest BCUT2D eigenvalue weighted by Gasteiger charge is 2.53. The van der Waals surface area contributed by atoms with Gasteiger partial charge in [0.2, 0.25) is 0 Å². The maximum absolute atomic E-state index is 7.66. The zero-order valence-electron chi connectivity index (χ0n) is 33.3. The van der Waals surface area contributed by atoms with Crippen LogP contribution in [0.5, 0.6) is 0 Å². The standard InChI is InChI=1S/C40H71NO5Si2/c1-16-23-28(5)36-31(8)34(41-45-36)29(6)26-40(13,46-48(17-2,18-3)19-4)37-32(9)35(30(7)27-42-47(14,15)39(10,11)12)43-38(44-37)33-24-21-20-22-25-33/h20-25,29-32,35-38H,16-19,26-27H2,1-15H3/b28-23-/t29-,30+,31+,32+,35-,36+,37-,38-,40-/m1/s1. The smallest absolute Gasteiger partial charge is 0.192 e. The largest absolute Gasteiger partial charge is 0.416 e. The van der Waals surface area contributed by atoms with E-state index >= 15 is 0 Å². The van der Waals surface area contributed by atoms with Crippen molar-refractivity contribution >= 4 is 22.3 Å². The van der Waals surface area contributed by atoms with E-state index in [0.717, 1.165) is 42.2 Å². The molecule has 2 aliphatic heterocycles. The van der Waals surface area contributed by atoms with Crippen molar-refractivity contribution in [2.24, 2.45) is 28.8 Å². The lowest BCUT2D eigenvalue weighted by Gasteiger charge is -2.53. The van der Waals surface area contributed by atoms with Crippen LogP contribution in [0.2, 0.25) is 36.3 Å². The molecule has 6 nitrogen and oxygen atoms in total. The summed E-state index contributed by atoms with van der Waals surface area (Å²) in [6, 6.07) is 13.7. The molecular weight excluding hydrogens is 631 g/mol. The third-order valence-electron chi connectivity index (χ3n) is 12.1. The summed E-state index contributed by atoms with van der Waals surface area (Å²) < 4.78 is 28.6. The van der Waals surface area contributed by atoms with Crippen LogP contribution in [0, 0.1) is 23.7 Å². The van der Waals surface area contributed by atoms with Crippen molar-refractivity contribution in [3.63, 3.8) is 0 Å². The van der Waals surface area contributed by atoms with Gasteiger partial charge in [0.05, 0.1) is 23.5 Å². The molecule has 1 aromatic carbocycles. The van der Waals surface area contributed by atoms with Gasteiger partial charge in [-0.3, -0.25) is 0 Å². The average molecular weight is 702 g/mol. The van der Waals surface area contributed by atoms with E-state index in [1.807, 2.05) is 0 Å². The van der Waals surface area contributed by atoms with E-state index in [9.17, 15) is 0 Å². The van der Waals surface area contributed by atoms with E-state index in [1.54, 1.807) is 0 Å². The Kier molecular flexibility index (Phi) is 14.4. The number of ether oxygens (including phenoxy) is 2. The third-order valence-corrected chi connectivity index (χ3v) is 21.3. The number of benzene rings is 1. The normalized spacial score (nSPS) is 28.4. The van der Waals surface area contributed by atoms with E-state index in [1.165, 1.54) is 5.57 Å². The topological polar surface area (TPSA) is 58.5 Å². The van der Waals surface area contributed by atoms with Crippen molar-refractivity contribution in [1.82, 2.24) is 0 Å². The van der Waals surface area contributed by atoms with Gasteiger partial charge in [-0.25, -0.2) is 0 Å². The Bertz CT molecular complexity index is 1200. The van der Waals surface area contributed by atoms with Crippen LogP contribution in [0.3, 0.4) is 0 Å². The zero-order chi connectivity index (χ0) is 36.1. The third kappa shape index (κ3) is 9.32. The minimum Gasteiger partial charge on any atom is -0.416 e. The number of allylic oxidation sites excluding steroid dienone is 1. The second-order valence-corrected chi connectivity index (χ2v) is 26.3. The molecule has 9 atom stereocenters. The second-order valence-electron chi connectivity index (χ2n) is 16.8. The SMILES string of the molecule is CC/C=C(/C)[C@@H]1ON=C([C@H](C)C[C@@](C)(O[Si](CC)(CC)CC)[C@@H]2O[C@H](c3ccccc3)O[C@H]([C@@H](C)CO[Si](C)(C)C(C)(C)C)[C@@H]2C)[C@@H]1C. The summed E-state index contributed by atoms with van der Waals surface area (Å²) in [7, 11) is -4.00. The summed E-state index contributed by atoms with van der Waals surface area (Å²) in [5.41, 5.74) is 2.87. The van der Waals surface area contributed by atoms with Gasteiger partial charge in [0.25, 0.3) is 0 Å². The molecular formula is C40H71NO5Si2. The van der Waals surface area contributed by atoms with Gasteiger partial charge in [0, 0.05) is 35.8 Å². The molecule has 0 spiro atoms. The van der Waals surface area contributed by atoms with Gasteiger partial charge in [-0.2, -0.15) is 0 Å². The summed E-state index contributed by atoms with van der Waals surface area (Å²) >= 11 is 0. The van der Waals surface area contributed by atoms with Gasteiger partial charge in [-0.05, 0) is 68.5 Å². The first-order chi connectivity index (χ1) is 22.4. The Hall–Kier alpha value is -1.30. The maximum atomic E-state index is 7.66. The summed E-state index contributed by atoms with van der Waals surface area (Å²) in [5, 5.41) is 4.88. The van der Waals surface area contributed by atoms with Crippen LogP contribution < -0.4 is 0 Å². The number of oxime groups is 1. The Balaban J connectivity index is 2.04. The highest BCUT2D eigenvalue weighted by molar-refractivity contribution is 6.74. The van der Waals surface area contributed by atoms with E-state index in [0.29, 0.717) is 6.61 Å². The first-order valence-corrected chi connectivity index (χ1v) is 24.4. The molecule has 274 valence electrons. The predicted octanol–water partition coefficient (Wildman–Crippen LogP) is 11.3. The van der Waals surface area contributed by atoms with Crippen LogP contribution in [-0.2, 0) is 23.2 Å². The average Bonchev–Trinajstić information content (AvgIpc) is 3.44. The van der Waals surface area contributed by atoms with Gasteiger partial charge in [-0.1, -0.05) is 118 Å². The molecule has 0 radical (unpaired) electrons. The molecule has 1 aromatic rings. The number of hydrogen-bond acceptors (Lipinski definition) is 6. The van der Waals surface area contributed by atoms with Crippen molar-refractivity contribution < 1.29 is 23.2 Å². The quantitative estimate of drug-likeness (QED) is 0.127. The summed E-state index contributed by atoms with van der Waals surface area (Å²) in [6.07, 6.45) is 3.33. The minimum atomic E-state index is -2.06. The van der Waals surface area contributed by atoms with Crippen LogP contribution in [0.15, 0.2) is 47.1 Å². The molecule has 1 fully saturated rings. The molecule has 0 unspecified atom stereocenters. The van der Waals surface area contributed by atoms with Crippen molar-refractivity contribution in [2.75, 3.05) is 6.61 Å². The Morgan fingerprint density at radius 2 is 1.56 bits per heavy atom. The predicted molar refractivity (Wildman–Crippen MR) is 206 cm³/mol. The monoisotopic (exact) mass is 701 g/mol. The molecule has 0 amide bonds. The van der Waals surface area contributed by atoms with Gasteiger partial charge in [0.15, 0.2) is 29.0 Å². The van der Waals surface area contributed by atoms with Crippen molar-refractivity contribution in [1.29, 1.82) is 0 Å². The van der Waals surface area contributed by atoms with Gasteiger partial charge in [0.1, 0.15) is 0 Å². The fraction of sp³-hybridized carbons (Fsp3) is 0.775. The van der Waals surface area contributed by atoms with Crippen LogP contribution in [0.25, 0.3) is 0 Å². The fourth-order valence-electron chi connectivity index (χ4n) is 7.79. The lowest BCUT2D eigenvalue weighted by atomic mass is 9.75. The first kappa shape index (κ1) is 41.1. The molecule has 0 saturated carbocycles. The van der Waals surface area contributed by atoms with E-state index in [4.69, 9.17) is 28.3 Å². The van der Waals surface area contributed by atoms with Crippen molar-refractivity contribution in [3.8, 4) is 0 Å². The van der Waals surface area contributed by atoms with Crippen molar-refractivity contribution in [3.05, 3.63) is 47.5 Å². The fourth-order valence-corrected chi connectivity index (χ4v) is 12.0. The molecule has 0 N–H and O–H groups in total. The van der Waals surface area contributed by atoms with Gasteiger partial charge >= 0.3 is 0 Å². The molecule has 3 rings (SSSR count). The molecule has 48 heavy (non-hydrogen) atoms. The lowest BCUT2D eigenvalue weighted by molar-refractivity contribution is -0.310. The molecule has 0 bridgehead atoms. The highest BCUT2D eigenvalue weighted by Crippen LogP contribution is 2.47. The number of rotatable bonds is 16. The molecule has 1 saturated heterocycles. The van der Waals surface area contributed by atoms with Crippen molar-refractivity contribution in [2.45, 2.75) is 169 Å². The Morgan fingerprint density at radius 3 is 2.10 bits per heavy atom. The van der Waals surface area contributed by atoms with E-state index in [2.05, 4.69) is 140 Å². The molecule has 0 aliphatic carbocycles. The molecule has 8 heteroatoms. The second kappa shape index (κ2) is 16.8. The Morgan fingerprint density at radius 1 is 0.958 bits per heavy atom.